The number of nitrogens with one attached hydrogen (secondary N) is 1. The number of nitrogens with zero attached hydrogens (tertiary/aromatic N) is 3. The molecular weight excluding hydrogens is 424 g/mol. The number of hydrogen-bond donors (Lipinski definition) is 1. The van der Waals surface area contributed by atoms with Crippen molar-refractivity contribution in [1.29, 1.82) is 0 Å². The van der Waals surface area contributed by atoms with Crippen LogP contribution in [-0.2, 0) is 11.3 Å². The molecule has 168 valence electrons. The van der Waals surface area contributed by atoms with Gasteiger partial charge in [0.05, 0.1) is 19.8 Å². The van der Waals surface area contributed by atoms with Gasteiger partial charge in [0.1, 0.15) is 11.5 Å². The van der Waals surface area contributed by atoms with E-state index in [2.05, 4.69) is 22.3 Å². The molecule has 4 rings (SSSR count). The maximum absolute atomic E-state index is 13.1. The Bertz CT molecular complexity index is 1110. The number of carbonyl (C=O) groups is 1. The van der Waals surface area contributed by atoms with Gasteiger partial charge in [-0.25, -0.2) is 0 Å². The van der Waals surface area contributed by atoms with E-state index in [9.17, 15) is 4.79 Å². The van der Waals surface area contributed by atoms with Crippen molar-refractivity contribution < 1.29 is 14.3 Å². The Hall–Kier alpha value is -3.13. The molecule has 0 saturated carbocycles. The lowest BCUT2D eigenvalue weighted by atomic mass is 10.0. The van der Waals surface area contributed by atoms with Gasteiger partial charge in [0.25, 0.3) is 0 Å². The Morgan fingerprint density at radius 1 is 1.16 bits per heavy atom. The Labute approximate surface area is 193 Å². The molecule has 1 aliphatic heterocycles. The van der Waals surface area contributed by atoms with Crippen LogP contribution in [0.4, 0.5) is 0 Å². The zero-order chi connectivity index (χ0) is 22.5. The molecule has 3 aromatic rings. The summed E-state index contributed by atoms with van der Waals surface area (Å²) in [5.41, 5.74) is 2.07. The van der Waals surface area contributed by atoms with Crippen LogP contribution in [0.5, 0.6) is 11.5 Å². The Balaban J connectivity index is 1.45. The lowest BCUT2D eigenvalue weighted by Crippen LogP contribution is -2.31. The summed E-state index contributed by atoms with van der Waals surface area (Å²) >= 11 is 5.43. The second-order valence-electron chi connectivity index (χ2n) is 7.73. The van der Waals surface area contributed by atoms with Gasteiger partial charge in [0.2, 0.25) is 5.91 Å². The summed E-state index contributed by atoms with van der Waals surface area (Å²) < 4.78 is 13.2. The van der Waals surface area contributed by atoms with Gasteiger partial charge >= 0.3 is 0 Å². The fourth-order valence-electron chi connectivity index (χ4n) is 4.20. The van der Waals surface area contributed by atoms with Crippen LogP contribution in [0.3, 0.4) is 0 Å². The quantitative estimate of drug-likeness (QED) is 0.499. The summed E-state index contributed by atoms with van der Waals surface area (Å²) in [6.07, 6.45) is 2.35. The molecule has 0 radical (unpaired) electrons. The van der Waals surface area contributed by atoms with Crippen molar-refractivity contribution >= 4 is 18.1 Å². The number of amides is 1. The number of benzene rings is 2. The van der Waals surface area contributed by atoms with Crippen LogP contribution >= 0.6 is 12.2 Å². The van der Waals surface area contributed by atoms with E-state index in [-0.39, 0.29) is 11.9 Å². The number of aromatic nitrogens is 3. The zero-order valence-corrected chi connectivity index (χ0v) is 19.2. The van der Waals surface area contributed by atoms with Crippen LogP contribution in [0.1, 0.15) is 37.8 Å². The third-order valence-corrected chi connectivity index (χ3v) is 6.12. The van der Waals surface area contributed by atoms with Crippen molar-refractivity contribution in [2.24, 2.45) is 0 Å². The molecule has 0 bridgehead atoms. The summed E-state index contributed by atoms with van der Waals surface area (Å²) in [5.74, 6) is 2.48. The number of carbonyl (C=O) groups excluding carboxylic acids is 1. The van der Waals surface area contributed by atoms with Crippen molar-refractivity contribution in [3.63, 3.8) is 0 Å². The first kappa shape index (κ1) is 22.1. The lowest BCUT2D eigenvalue weighted by molar-refractivity contribution is -0.132. The largest absolute Gasteiger partial charge is 0.497 e. The van der Waals surface area contributed by atoms with Gasteiger partial charge in [-0.2, -0.15) is 5.10 Å². The minimum atomic E-state index is 0.108. The number of H-pyrrole nitrogens is 1. The van der Waals surface area contributed by atoms with E-state index in [1.165, 1.54) is 0 Å². The predicted octanol–water partition coefficient (Wildman–Crippen LogP) is 4.77. The maximum atomic E-state index is 13.1. The maximum Gasteiger partial charge on any atom is 0.224 e. The van der Waals surface area contributed by atoms with E-state index in [1.54, 1.807) is 7.11 Å². The molecule has 1 aliphatic rings. The SMILES string of the molecule is CCOc1ccc([C@H]2CCCN2C(=O)CCn2c(-c3ccc(OC)cc3)n[nH]c2=S)cc1. The molecule has 7 nitrogen and oxygen atoms in total. The Morgan fingerprint density at radius 2 is 1.88 bits per heavy atom. The highest BCUT2D eigenvalue weighted by Gasteiger charge is 2.29. The first-order valence-electron chi connectivity index (χ1n) is 10.9. The van der Waals surface area contributed by atoms with Gasteiger partial charge < -0.3 is 14.4 Å². The molecule has 8 heteroatoms. The van der Waals surface area contributed by atoms with Gasteiger partial charge in [0, 0.05) is 25.1 Å². The Kier molecular flexibility index (Phi) is 6.90. The van der Waals surface area contributed by atoms with Gasteiger partial charge in [-0.1, -0.05) is 12.1 Å². The summed E-state index contributed by atoms with van der Waals surface area (Å²) in [6, 6.07) is 15.8. The van der Waals surface area contributed by atoms with E-state index in [0.717, 1.165) is 47.8 Å². The van der Waals surface area contributed by atoms with Crippen LogP contribution in [0.15, 0.2) is 48.5 Å². The molecule has 1 amide bonds. The molecule has 1 N–H and O–H groups in total. The molecule has 0 spiro atoms. The van der Waals surface area contributed by atoms with Crippen molar-refractivity contribution in [2.75, 3.05) is 20.3 Å². The smallest absolute Gasteiger partial charge is 0.224 e. The highest BCUT2D eigenvalue weighted by molar-refractivity contribution is 7.71. The number of ether oxygens (including phenoxy) is 2. The average molecular weight is 453 g/mol. The lowest BCUT2D eigenvalue weighted by Gasteiger charge is -2.25. The van der Waals surface area contributed by atoms with Crippen molar-refractivity contribution in [1.82, 2.24) is 19.7 Å². The van der Waals surface area contributed by atoms with Crippen LogP contribution in [0, 0.1) is 4.77 Å². The van der Waals surface area contributed by atoms with E-state index in [0.29, 0.717) is 24.3 Å². The number of hydrogen-bond acceptors (Lipinski definition) is 5. The molecule has 32 heavy (non-hydrogen) atoms. The van der Waals surface area contributed by atoms with Crippen LogP contribution in [-0.4, -0.2) is 45.8 Å². The van der Waals surface area contributed by atoms with E-state index in [1.807, 2.05) is 52.8 Å². The summed E-state index contributed by atoms with van der Waals surface area (Å²) in [4.78, 5) is 15.1. The van der Waals surface area contributed by atoms with Crippen molar-refractivity contribution in [3.8, 4) is 22.9 Å². The summed E-state index contributed by atoms with van der Waals surface area (Å²) in [5, 5.41) is 7.23. The zero-order valence-electron chi connectivity index (χ0n) is 18.4. The van der Waals surface area contributed by atoms with E-state index < -0.39 is 0 Å². The predicted molar refractivity (Wildman–Crippen MR) is 125 cm³/mol. The second kappa shape index (κ2) is 9.99. The number of methoxy groups -OCH3 is 1. The van der Waals surface area contributed by atoms with Gasteiger partial charge in [-0.15, -0.1) is 0 Å². The van der Waals surface area contributed by atoms with Crippen LogP contribution < -0.4 is 9.47 Å². The Morgan fingerprint density at radius 3 is 2.56 bits per heavy atom. The molecular formula is C24H28N4O3S. The highest BCUT2D eigenvalue weighted by atomic mass is 32.1. The standard InChI is InChI=1S/C24H28N4O3S/c1-3-31-20-12-6-17(7-13-20)21-5-4-15-27(21)22(29)14-16-28-23(25-26-24(28)32)18-8-10-19(30-2)11-9-18/h6-13,21H,3-5,14-16H2,1-2H3,(H,26,32)/t21-/m1/s1. The van der Waals surface area contributed by atoms with E-state index in [4.69, 9.17) is 21.7 Å². The molecule has 2 aromatic carbocycles. The molecule has 2 heterocycles. The van der Waals surface area contributed by atoms with Gasteiger partial charge in [-0.05, 0) is 73.9 Å². The molecule has 1 aromatic heterocycles. The van der Waals surface area contributed by atoms with Crippen molar-refractivity contribution in [2.45, 2.75) is 38.8 Å². The first-order chi connectivity index (χ1) is 15.6. The second-order valence-corrected chi connectivity index (χ2v) is 8.12. The fourth-order valence-corrected chi connectivity index (χ4v) is 4.42. The highest BCUT2D eigenvalue weighted by Crippen LogP contribution is 2.33. The first-order valence-corrected chi connectivity index (χ1v) is 11.3. The monoisotopic (exact) mass is 452 g/mol. The molecule has 1 saturated heterocycles. The normalized spacial score (nSPS) is 15.7. The minimum absolute atomic E-state index is 0.108. The van der Waals surface area contributed by atoms with Gasteiger partial charge in [0.15, 0.2) is 10.6 Å². The topological polar surface area (TPSA) is 72.4 Å². The fraction of sp³-hybridized carbons (Fsp3) is 0.375. The third-order valence-electron chi connectivity index (χ3n) is 5.80. The van der Waals surface area contributed by atoms with Crippen molar-refractivity contribution in [3.05, 3.63) is 58.9 Å². The summed E-state index contributed by atoms with van der Waals surface area (Å²) in [7, 11) is 1.63. The number of rotatable bonds is 8. The number of likely N-dealkylation sites (tertiary alicyclic amines) is 1. The molecule has 0 unspecified atom stereocenters. The van der Waals surface area contributed by atoms with Crippen LogP contribution in [0.25, 0.3) is 11.4 Å². The molecule has 1 fully saturated rings. The number of aromatic amines is 1. The van der Waals surface area contributed by atoms with Gasteiger partial charge in [-0.3, -0.25) is 14.5 Å². The molecule has 1 atom stereocenters. The molecule has 0 aliphatic carbocycles. The van der Waals surface area contributed by atoms with Crippen LogP contribution in [0.2, 0.25) is 0 Å². The third kappa shape index (κ3) is 4.70. The average Bonchev–Trinajstić information content (AvgIpc) is 3.45. The summed E-state index contributed by atoms with van der Waals surface area (Å²) in [6.45, 7) is 3.86. The van der Waals surface area contributed by atoms with E-state index >= 15 is 0 Å². The minimum Gasteiger partial charge on any atom is -0.497 e.